The molecule has 1 amide bonds. The molecule has 7 nitrogen and oxygen atoms in total. The number of carbonyl (C=O) groups is 1. The Morgan fingerprint density at radius 1 is 1.09 bits per heavy atom. The molecular weight excluding hydrogens is 452 g/mol. The summed E-state index contributed by atoms with van der Waals surface area (Å²) in [6, 6.07) is 11.7. The van der Waals surface area contributed by atoms with E-state index in [2.05, 4.69) is 27.3 Å². The lowest BCUT2D eigenvalue weighted by Crippen LogP contribution is -2.44. The molecule has 0 radical (unpaired) electrons. The van der Waals surface area contributed by atoms with Crippen molar-refractivity contribution in [3.05, 3.63) is 71.3 Å². The van der Waals surface area contributed by atoms with Crippen LogP contribution >= 0.6 is 11.6 Å². The van der Waals surface area contributed by atoms with Crippen LogP contribution in [0.2, 0.25) is 5.15 Å². The number of hydrogen-bond donors (Lipinski definition) is 1. The molecule has 0 bridgehead atoms. The minimum Gasteiger partial charge on any atom is -0.492 e. The molecule has 1 N–H and O–H groups in total. The molecule has 0 unspecified atom stereocenters. The average molecular weight is 483 g/mol. The van der Waals surface area contributed by atoms with Crippen molar-refractivity contribution < 1.29 is 14.3 Å². The molecule has 2 aromatic heterocycles. The van der Waals surface area contributed by atoms with Gasteiger partial charge in [-0.2, -0.15) is 0 Å². The van der Waals surface area contributed by atoms with Gasteiger partial charge in [0.25, 0.3) is 5.91 Å². The molecule has 0 spiro atoms. The second kappa shape index (κ2) is 11.4. The largest absolute Gasteiger partial charge is 0.492 e. The highest BCUT2D eigenvalue weighted by Gasteiger charge is 2.23. The highest BCUT2D eigenvalue weighted by atomic mass is 35.5. The van der Waals surface area contributed by atoms with Gasteiger partial charge in [-0.05, 0) is 68.7 Å². The van der Waals surface area contributed by atoms with Crippen LogP contribution in [0.4, 0.5) is 0 Å². The Kier molecular flexibility index (Phi) is 8.08. The van der Waals surface area contributed by atoms with E-state index in [1.54, 1.807) is 12.1 Å². The van der Waals surface area contributed by atoms with E-state index in [1.807, 2.05) is 42.9 Å². The van der Waals surface area contributed by atoms with Crippen molar-refractivity contribution >= 4 is 17.5 Å². The summed E-state index contributed by atoms with van der Waals surface area (Å²) in [5.74, 6) is 1.53. The molecule has 0 saturated carbocycles. The number of hydrogen-bond acceptors (Lipinski definition) is 5. The van der Waals surface area contributed by atoms with Crippen LogP contribution in [0.25, 0.3) is 5.69 Å². The van der Waals surface area contributed by atoms with E-state index >= 15 is 0 Å². The van der Waals surface area contributed by atoms with E-state index in [4.69, 9.17) is 21.1 Å². The van der Waals surface area contributed by atoms with Gasteiger partial charge in [-0.15, -0.1) is 0 Å². The van der Waals surface area contributed by atoms with E-state index in [-0.39, 0.29) is 11.9 Å². The first-order valence-electron chi connectivity index (χ1n) is 11.8. The predicted octanol–water partition coefficient (Wildman–Crippen LogP) is 4.72. The Balaban J connectivity index is 1.41. The Morgan fingerprint density at radius 2 is 1.74 bits per heavy atom. The first-order chi connectivity index (χ1) is 16.6. The summed E-state index contributed by atoms with van der Waals surface area (Å²) in [6.07, 6.45) is 7.30. The quantitative estimate of drug-likeness (QED) is 0.447. The number of aromatic nitrogens is 2. The predicted molar refractivity (Wildman–Crippen MR) is 133 cm³/mol. The number of piperidine rings is 1. The number of nitrogens with zero attached hydrogens (tertiary/aromatic N) is 3. The van der Waals surface area contributed by atoms with Gasteiger partial charge in [0.1, 0.15) is 22.3 Å². The number of pyridine rings is 1. The molecule has 0 aliphatic carbocycles. The minimum absolute atomic E-state index is 0.106. The van der Waals surface area contributed by atoms with E-state index in [0.717, 1.165) is 55.2 Å². The third-order valence-electron chi connectivity index (χ3n) is 5.88. The van der Waals surface area contributed by atoms with E-state index in [1.165, 1.54) is 6.20 Å². The maximum atomic E-state index is 12.5. The van der Waals surface area contributed by atoms with Gasteiger partial charge < -0.3 is 19.4 Å². The first-order valence-corrected chi connectivity index (χ1v) is 12.2. The summed E-state index contributed by atoms with van der Waals surface area (Å²) in [7, 11) is 0. The molecule has 1 fully saturated rings. The summed E-state index contributed by atoms with van der Waals surface area (Å²) in [5, 5.41) is 3.50. The van der Waals surface area contributed by atoms with Gasteiger partial charge in [0.2, 0.25) is 0 Å². The van der Waals surface area contributed by atoms with E-state index in [0.29, 0.717) is 23.9 Å². The number of halogens is 1. The van der Waals surface area contributed by atoms with Crippen LogP contribution in [0, 0.1) is 0 Å². The number of amides is 1. The summed E-state index contributed by atoms with van der Waals surface area (Å²) >= 11 is 5.81. The summed E-state index contributed by atoms with van der Waals surface area (Å²) in [4.78, 5) is 18.9. The van der Waals surface area contributed by atoms with Crippen LogP contribution in [-0.4, -0.2) is 52.7 Å². The third-order valence-corrected chi connectivity index (χ3v) is 6.10. The smallest absolute Gasteiger partial charge is 0.253 e. The second-order valence-corrected chi connectivity index (χ2v) is 8.68. The van der Waals surface area contributed by atoms with E-state index < -0.39 is 0 Å². The standard InChI is InChI=1S/C26H31ClN4O3/c1-3-33-22-15-19(16-23(34-4-2)25(22)31-11-5-6-12-31)18-30-13-9-21(10-14-30)29-26(32)20-7-8-24(27)28-17-20/h5-8,11-12,15-17,21H,3-4,9-10,13-14,18H2,1-2H3,(H,29,32). The molecular formula is C26H31ClN4O3. The zero-order valence-electron chi connectivity index (χ0n) is 19.7. The number of nitrogens with one attached hydrogen (secondary N) is 1. The van der Waals surface area contributed by atoms with Crippen LogP contribution in [0.3, 0.4) is 0 Å². The first kappa shape index (κ1) is 24.1. The molecule has 1 saturated heterocycles. The lowest BCUT2D eigenvalue weighted by Gasteiger charge is -2.32. The van der Waals surface area contributed by atoms with Gasteiger partial charge in [0, 0.05) is 44.3 Å². The Morgan fingerprint density at radius 3 is 2.29 bits per heavy atom. The fraction of sp³-hybridized carbons (Fsp3) is 0.385. The number of benzene rings is 1. The molecule has 1 aliphatic rings. The zero-order valence-corrected chi connectivity index (χ0v) is 20.4. The average Bonchev–Trinajstić information content (AvgIpc) is 3.36. The van der Waals surface area contributed by atoms with Crippen molar-refractivity contribution in [3.63, 3.8) is 0 Å². The Hall–Kier alpha value is -3.03. The number of likely N-dealkylation sites (tertiary alicyclic amines) is 1. The fourth-order valence-corrected chi connectivity index (χ4v) is 4.38. The second-order valence-electron chi connectivity index (χ2n) is 8.29. The van der Waals surface area contributed by atoms with Crippen molar-refractivity contribution in [1.82, 2.24) is 19.8 Å². The topological polar surface area (TPSA) is 68.6 Å². The van der Waals surface area contributed by atoms with Gasteiger partial charge in [0.15, 0.2) is 0 Å². The van der Waals surface area contributed by atoms with Gasteiger partial charge in [-0.25, -0.2) is 4.98 Å². The van der Waals surface area contributed by atoms with E-state index in [9.17, 15) is 4.79 Å². The molecule has 1 aliphatic heterocycles. The van der Waals surface area contributed by atoms with Crippen molar-refractivity contribution in [2.45, 2.75) is 39.3 Å². The highest BCUT2D eigenvalue weighted by Crippen LogP contribution is 2.35. The lowest BCUT2D eigenvalue weighted by atomic mass is 10.0. The van der Waals surface area contributed by atoms with Crippen LogP contribution in [0.15, 0.2) is 55.0 Å². The molecule has 4 rings (SSSR count). The number of rotatable bonds is 9. The number of ether oxygens (including phenoxy) is 2. The molecule has 0 atom stereocenters. The monoisotopic (exact) mass is 482 g/mol. The Labute approximate surface area is 205 Å². The minimum atomic E-state index is -0.106. The van der Waals surface area contributed by atoms with Crippen LogP contribution in [0.5, 0.6) is 11.5 Å². The van der Waals surface area contributed by atoms with Gasteiger partial charge in [0.05, 0.1) is 18.8 Å². The van der Waals surface area contributed by atoms with Crippen LogP contribution in [-0.2, 0) is 6.54 Å². The maximum Gasteiger partial charge on any atom is 0.253 e. The van der Waals surface area contributed by atoms with Gasteiger partial charge in [-0.3, -0.25) is 9.69 Å². The Bertz CT molecular complexity index is 1050. The molecule has 180 valence electrons. The molecule has 1 aromatic carbocycles. The van der Waals surface area contributed by atoms with Gasteiger partial charge >= 0.3 is 0 Å². The number of carbonyl (C=O) groups excluding carboxylic acids is 1. The van der Waals surface area contributed by atoms with Crippen LogP contribution in [0.1, 0.15) is 42.6 Å². The molecule has 8 heteroatoms. The van der Waals surface area contributed by atoms with Gasteiger partial charge in [-0.1, -0.05) is 11.6 Å². The maximum absolute atomic E-state index is 12.5. The summed E-state index contributed by atoms with van der Waals surface area (Å²) < 4.78 is 14.0. The third kappa shape index (κ3) is 5.90. The van der Waals surface area contributed by atoms with Crippen molar-refractivity contribution in [1.29, 1.82) is 0 Å². The molecule has 34 heavy (non-hydrogen) atoms. The highest BCUT2D eigenvalue weighted by molar-refractivity contribution is 6.29. The van der Waals surface area contributed by atoms with Crippen molar-refractivity contribution in [3.8, 4) is 17.2 Å². The lowest BCUT2D eigenvalue weighted by molar-refractivity contribution is 0.0908. The summed E-state index contributed by atoms with van der Waals surface area (Å²) in [5.41, 5.74) is 2.61. The van der Waals surface area contributed by atoms with Crippen molar-refractivity contribution in [2.24, 2.45) is 0 Å². The zero-order chi connectivity index (χ0) is 23.9. The van der Waals surface area contributed by atoms with Crippen LogP contribution < -0.4 is 14.8 Å². The van der Waals surface area contributed by atoms with Crippen molar-refractivity contribution in [2.75, 3.05) is 26.3 Å². The summed E-state index contributed by atoms with van der Waals surface area (Å²) in [6.45, 7) is 7.74. The fourth-order valence-electron chi connectivity index (χ4n) is 4.27. The molecule has 3 aromatic rings. The molecule has 3 heterocycles. The SMILES string of the molecule is CCOc1cc(CN2CCC(NC(=O)c3ccc(Cl)nc3)CC2)cc(OCC)c1-n1cccc1. The normalized spacial score (nSPS) is 14.7.